The van der Waals surface area contributed by atoms with Gasteiger partial charge < -0.3 is 34.4 Å². The highest BCUT2D eigenvalue weighted by molar-refractivity contribution is 9.09. The molecular formula is C34H46BrN3O8. The van der Waals surface area contributed by atoms with Crippen molar-refractivity contribution in [3.63, 3.8) is 0 Å². The normalized spacial score (nSPS) is 27.5. The van der Waals surface area contributed by atoms with Gasteiger partial charge in [-0.3, -0.25) is 19.2 Å². The van der Waals surface area contributed by atoms with Crippen molar-refractivity contribution in [1.29, 1.82) is 0 Å². The number of methoxy groups -OCH3 is 1. The Morgan fingerprint density at radius 1 is 1.26 bits per heavy atom. The first-order chi connectivity index (χ1) is 22.2. The standard InChI is InChI=1S/C34H46BrN3O8/c1-5-8-15-25(40)36-24(21-44-4)28(22-13-11-10-12-14-22)45-33(43)26-27-31(41)38(18-19-39)30(34(27)20-23(35)29(26)46-34)32(42)37(16-7-3)17-9-6-2/h5,7,10-14,23-24,26-30,39H,1,3,6,8-9,15-21H2,2,4H3,(H,36,40)/t23?,24-,26-,27+,28-,29-,30-,34+/m0/s1. The van der Waals surface area contributed by atoms with Gasteiger partial charge in [0.25, 0.3) is 0 Å². The van der Waals surface area contributed by atoms with Crippen LogP contribution in [0.3, 0.4) is 0 Å². The molecule has 3 aliphatic heterocycles. The lowest BCUT2D eigenvalue weighted by Crippen LogP contribution is -2.57. The summed E-state index contributed by atoms with van der Waals surface area (Å²) in [7, 11) is 1.50. The number of ether oxygens (including phenoxy) is 3. The molecular weight excluding hydrogens is 658 g/mol. The Balaban J connectivity index is 1.69. The molecule has 46 heavy (non-hydrogen) atoms. The third-order valence-electron chi connectivity index (χ3n) is 9.08. The minimum Gasteiger partial charge on any atom is -0.455 e. The van der Waals surface area contributed by atoms with Crippen molar-refractivity contribution in [1.82, 2.24) is 15.1 Å². The molecule has 3 fully saturated rings. The maximum atomic E-state index is 14.3. The number of carbonyl (C=O) groups excluding carboxylic acids is 4. The fourth-order valence-electron chi connectivity index (χ4n) is 7.12. The second-order valence-corrected chi connectivity index (χ2v) is 13.2. The minimum absolute atomic E-state index is 0.0579. The van der Waals surface area contributed by atoms with Crippen LogP contribution in [-0.4, -0.2) is 107 Å². The van der Waals surface area contributed by atoms with Crippen LogP contribution in [0, 0.1) is 11.8 Å². The number of nitrogens with one attached hydrogen (secondary N) is 1. The SMILES string of the molecule is C=CCCC(=O)N[C@@H](COC)[C@@H](OC(=O)[C@@H]1[C@H]2O[C@@]3(CC2Br)[C@H](C(=O)N(CC=C)CCCC)N(CCO)C(=O)[C@@H]13)c1ccccc1. The predicted octanol–water partition coefficient (Wildman–Crippen LogP) is 2.92. The van der Waals surface area contributed by atoms with E-state index in [0.29, 0.717) is 31.5 Å². The van der Waals surface area contributed by atoms with Crippen LogP contribution in [0.4, 0.5) is 0 Å². The number of unbranched alkanes of at least 4 members (excludes halogenated alkanes) is 1. The van der Waals surface area contributed by atoms with Crippen molar-refractivity contribution >= 4 is 39.6 Å². The smallest absolute Gasteiger partial charge is 0.313 e. The van der Waals surface area contributed by atoms with Gasteiger partial charge in [-0.2, -0.15) is 0 Å². The van der Waals surface area contributed by atoms with Crippen molar-refractivity contribution in [3.8, 4) is 0 Å². The molecule has 11 nitrogen and oxygen atoms in total. The van der Waals surface area contributed by atoms with Gasteiger partial charge in [0.1, 0.15) is 17.7 Å². The largest absolute Gasteiger partial charge is 0.455 e. The molecule has 252 valence electrons. The number of nitrogens with zero attached hydrogens (tertiary/aromatic N) is 2. The molecule has 2 N–H and O–H groups in total. The maximum Gasteiger partial charge on any atom is 0.313 e. The third kappa shape index (κ3) is 7.10. The van der Waals surface area contributed by atoms with E-state index in [-0.39, 0.29) is 42.8 Å². The van der Waals surface area contributed by atoms with Crippen LogP contribution in [0.1, 0.15) is 50.7 Å². The average Bonchev–Trinajstić information content (AvgIpc) is 3.64. The van der Waals surface area contributed by atoms with Crippen LogP contribution in [0.15, 0.2) is 55.6 Å². The summed E-state index contributed by atoms with van der Waals surface area (Å²) in [5, 5.41) is 12.9. The molecule has 0 aliphatic carbocycles. The second-order valence-electron chi connectivity index (χ2n) is 12.1. The number of amides is 3. The van der Waals surface area contributed by atoms with Gasteiger partial charge in [0.15, 0.2) is 0 Å². The van der Waals surface area contributed by atoms with Crippen LogP contribution in [-0.2, 0) is 33.4 Å². The van der Waals surface area contributed by atoms with Gasteiger partial charge >= 0.3 is 5.97 Å². The monoisotopic (exact) mass is 703 g/mol. The van der Waals surface area contributed by atoms with E-state index < -0.39 is 53.6 Å². The molecule has 1 aromatic rings. The summed E-state index contributed by atoms with van der Waals surface area (Å²) >= 11 is 3.68. The Morgan fingerprint density at radius 3 is 2.63 bits per heavy atom. The summed E-state index contributed by atoms with van der Waals surface area (Å²) in [4.78, 5) is 58.2. The summed E-state index contributed by atoms with van der Waals surface area (Å²) in [5.41, 5.74) is -0.648. The summed E-state index contributed by atoms with van der Waals surface area (Å²) < 4.78 is 18.3. The molecule has 1 aromatic carbocycles. The van der Waals surface area contributed by atoms with Gasteiger partial charge in [0.05, 0.1) is 37.2 Å². The molecule has 1 unspecified atom stereocenters. The van der Waals surface area contributed by atoms with E-state index in [1.807, 2.05) is 13.0 Å². The van der Waals surface area contributed by atoms with Crippen molar-refractivity contribution in [2.75, 3.05) is 40.0 Å². The van der Waals surface area contributed by atoms with Gasteiger partial charge in [-0.05, 0) is 24.8 Å². The highest BCUT2D eigenvalue weighted by Crippen LogP contribution is 2.60. The van der Waals surface area contributed by atoms with E-state index >= 15 is 0 Å². The van der Waals surface area contributed by atoms with Crippen molar-refractivity contribution in [2.45, 2.75) is 73.7 Å². The van der Waals surface area contributed by atoms with E-state index in [4.69, 9.17) is 14.2 Å². The topological polar surface area (TPSA) is 135 Å². The summed E-state index contributed by atoms with van der Waals surface area (Å²) in [6, 6.07) is 7.29. The van der Waals surface area contributed by atoms with Gasteiger partial charge in [0, 0.05) is 38.0 Å². The van der Waals surface area contributed by atoms with E-state index in [1.165, 1.54) is 12.0 Å². The Morgan fingerprint density at radius 2 is 2.00 bits per heavy atom. The molecule has 0 aromatic heterocycles. The molecule has 2 bridgehead atoms. The van der Waals surface area contributed by atoms with Crippen LogP contribution >= 0.6 is 15.9 Å². The van der Waals surface area contributed by atoms with E-state index in [2.05, 4.69) is 34.4 Å². The lowest BCUT2D eigenvalue weighted by atomic mass is 9.70. The Labute approximate surface area is 279 Å². The number of esters is 1. The van der Waals surface area contributed by atoms with Crippen LogP contribution in [0.2, 0.25) is 0 Å². The van der Waals surface area contributed by atoms with E-state index in [1.54, 1.807) is 41.3 Å². The van der Waals surface area contributed by atoms with Crippen molar-refractivity contribution < 1.29 is 38.5 Å². The number of rotatable bonds is 18. The molecule has 12 heteroatoms. The summed E-state index contributed by atoms with van der Waals surface area (Å²) in [6.07, 6.45) is 4.29. The fourth-order valence-corrected chi connectivity index (χ4v) is 8.06. The number of benzene rings is 1. The fraction of sp³-hybridized carbons (Fsp3) is 0.588. The first-order valence-electron chi connectivity index (χ1n) is 16.0. The Hall–Kier alpha value is -3.06. The zero-order valence-corrected chi connectivity index (χ0v) is 28.2. The highest BCUT2D eigenvalue weighted by Gasteiger charge is 2.77. The number of halogens is 1. The number of carbonyl (C=O) groups is 4. The molecule has 0 saturated carbocycles. The zero-order chi connectivity index (χ0) is 33.4. The van der Waals surface area contributed by atoms with Crippen LogP contribution in [0.5, 0.6) is 0 Å². The predicted molar refractivity (Wildman–Crippen MR) is 175 cm³/mol. The Kier molecular flexibility index (Phi) is 12.6. The average molecular weight is 705 g/mol. The minimum atomic E-state index is -1.29. The second kappa shape index (κ2) is 16.2. The Bertz CT molecular complexity index is 1260. The quantitative estimate of drug-likeness (QED) is 0.136. The first-order valence-corrected chi connectivity index (χ1v) is 16.9. The number of β-amino-alcohol motifs (C(OH)–C–C–N with tert-alkyl or cyclic N) is 1. The summed E-state index contributed by atoms with van der Waals surface area (Å²) in [6.45, 7) is 9.90. The lowest BCUT2D eigenvalue weighted by molar-refractivity contribution is -0.163. The van der Waals surface area contributed by atoms with Gasteiger partial charge in [-0.15, -0.1) is 13.2 Å². The number of allylic oxidation sites excluding steroid dienone is 1. The van der Waals surface area contributed by atoms with E-state index in [0.717, 1.165) is 12.8 Å². The molecule has 3 amide bonds. The lowest BCUT2D eigenvalue weighted by Gasteiger charge is -2.37. The molecule has 0 radical (unpaired) electrons. The van der Waals surface area contributed by atoms with Crippen molar-refractivity contribution in [3.05, 3.63) is 61.2 Å². The van der Waals surface area contributed by atoms with Gasteiger partial charge in [-0.25, -0.2) is 0 Å². The zero-order valence-electron chi connectivity index (χ0n) is 26.6. The number of hydrogen-bond acceptors (Lipinski definition) is 8. The van der Waals surface area contributed by atoms with Crippen molar-refractivity contribution in [2.24, 2.45) is 11.8 Å². The number of fused-ring (bicyclic) bond motifs is 1. The van der Waals surface area contributed by atoms with Crippen LogP contribution < -0.4 is 5.32 Å². The molecule has 3 heterocycles. The number of hydrogen-bond donors (Lipinski definition) is 2. The molecule has 3 saturated heterocycles. The van der Waals surface area contributed by atoms with Gasteiger partial charge in [0.2, 0.25) is 17.7 Å². The molecule has 3 aliphatic rings. The molecule has 4 rings (SSSR count). The van der Waals surface area contributed by atoms with Gasteiger partial charge in [-0.1, -0.05) is 71.8 Å². The first kappa shape index (κ1) is 35.8. The molecule has 8 atom stereocenters. The third-order valence-corrected chi connectivity index (χ3v) is 9.93. The number of aliphatic hydroxyl groups is 1. The van der Waals surface area contributed by atoms with Crippen LogP contribution in [0.25, 0.3) is 0 Å². The number of likely N-dealkylation sites (tertiary alicyclic amines) is 1. The summed E-state index contributed by atoms with van der Waals surface area (Å²) in [5.74, 6) is -3.66. The van der Waals surface area contributed by atoms with E-state index in [9.17, 15) is 24.3 Å². The maximum absolute atomic E-state index is 14.3. The molecule has 1 spiro atoms. The number of alkyl halides is 1. The highest BCUT2D eigenvalue weighted by atomic mass is 79.9. The number of aliphatic hydroxyl groups excluding tert-OH is 1.